The largest absolute Gasteiger partial charge is 0.477 e. The van der Waals surface area contributed by atoms with E-state index in [1.807, 2.05) is 0 Å². The van der Waals surface area contributed by atoms with Gasteiger partial charge < -0.3 is 5.11 Å². The van der Waals surface area contributed by atoms with Crippen molar-refractivity contribution < 1.29 is 19.5 Å². The smallest absolute Gasteiger partial charge is 0.346 e. The first kappa shape index (κ1) is 12.5. The number of thiophene rings is 1. The van der Waals surface area contributed by atoms with Gasteiger partial charge in [-0.05, 0) is 30.7 Å². The Morgan fingerprint density at radius 2 is 2.10 bits per heavy atom. The number of pyridine rings is 1. The molecule has 0 atom stereocenters. The lowest BCUT2D eigenvalue weighted by Gasteiger charge is -2.09. The van der Waals surface area contributed by atoms with Gasteiger partial charge in [-0.3, -0.25) is 14.6 Å². The van der Waals surface area contributed by atoms with Crippen molar-refractivity contribution in [3.8, 4) is 0 Å². The van der Waals surface area contributed by atoms with E-state index in [0.717, 1.165) is 16.2 Å². The first-order chi connectivity index (χ1) is 9.50. The molecule has 2 aromatic heterocycles. The molecule has 20 heavy (non-hydrogen) atoms. The lowest BCUT2D eigenvalue weighted by atomic mass is 10.2. The van der Waals surface area contributed by atoms with Gasteiger partial charge in [0.25, 0.3) is 11.8 Å². The predicted molar refractivity (Wildman–Crippen MR) is 71.4 cm³/mol. The standard InChI is InChI=1S/C13H8N2O4S/c1-6-5-8(20-10(6)13(18)19)15-11(16)7-3-2-4-14-9(7)12(15)17/h2-5H,1H3,(H,18,19). The number of carbonyl (C=O) groups excluding carboxylic acids is 2. The summed E-state index contributed by atoms with van der Waals surface area (Å²) in [5.74, 6) is -2.08. The van der Waals surface area contributed by atoms with Gasteiger partial charge in [0.2, 0.25) is 0 Å². The first-order valence-electron chi connectivity index (χ1n) is 5.68. The van der Waals surface area contributed by atoms with Gasteiger partial charge in [0.1, 0.15) is 15.6 Å². The van der Waals surface area contributed by atoms with Gasteiger partial charge in [0.05, 0.1) is 5.56 Å². The van der Waals surface area contributed by atoms with E-state index in [1.165, 1.54) is 18.3 Å². The van der Waals surface area contributed by atoms with Crippen molar-refractivity contribution in [2.75, 3.05) is 4.90 Å². The Morgan fingerprint density at radius 1 is 1.35 bits per heavy atom. The van der Waals surface area contributed by atoms with Gasteiger partial charge in [-0.25, -0.2) is 9.69 Å². The highest BCUT2D eigenvalue weighted by molar-refractivity contribution is 7.18. The SMILES string of the molecule is Cc1cc(N2C(=O)c3cccnc3C2=O)sc1C(=O)O. The molecule has 2 amide bonds. The summed E-state index contributed by atoms with van der Waals surface area (Å²) in [5.41, 5.74) is 0.850. The van der Waals surface area contributed by atoms with Crippen LogP contribution in [-0.4, -0.2) is 27.9 Å². The van der Waals surface area contributed by atoms with Gasteiger partial charge in [-0.15, -0.1) is 11.3 Å². The van der Waals surface area contributed by atoms with E-state index in [-0.39, 0.29) is 16.1 Å². The van der Waals surface area contributed by atoms with E-state index in [1.54, 1.807) is 13.0 Å². The summed E-state index contributed by atoms with van der Waals surface area (Å²) in [6.45, 7) is 1.62. The number of amides is 2. The molecule has 0 radical (unpaired) electrons. The molecule has 0 aromatic carbocycles. The third-order valence-corrected chi connectivity index (χ3v) is 4.18. The quantitative estimate of drug-likeness (QED) is 0.853. The third-order valence-electron chi connectivity index (χ3n) is 2.97. The molecule has 3 heterocycles. The molecule has 0 saturated heterocycles. The second kappa shape index (κ2) is 4.24. The number of nitrogens with zero attached hydrogens (tertiary/aromatic N) is 2. The van der Waals surface area contributed by atoms with Crippen molar-refractivity contribution in [1.29, 1.82) is 0 Å². The number of hydrogen-bond donors (Lipinski definition) is 1. The van der Waals surface area contributed by atoms with E-state index >= 15 is 0 Å². The van der Waals surface area contributed by atoms with E-state index in [0.29, 0.717) is 10.6 Å². The number of carbonyl (C=O) groups is 3. The van der Waals surface area contributed by atoms with Crippen LogP contribution in [-0.2, 0) is 0 Å². The molecular formula is C13H8N2O4S. The van der Waals surface area contributed by atoms with Gasteiger partial charge in [0, 0.05) is 6.20 Å². The van der Waals surface area contributed by atoms with E-state index in [9.17, 15) is 14.4 Å². The number of fused-ring (bicyclic) bond motifs is 1. The Labute approximate surface area is 117 Å². The van der Waals surface area contributed by atoms with Crippen molar-refractivity contribution in [2.24, 2.45) is 0 Å². The maximum Gasteiger partial charge on any atom is 0.346 e. The lowest BCUT2D eigenvalue weighted by Crippen LogP contribution is -2.28. The minimum Gasteiger partial charge on any atom is -0.477 e. The number of aryl methyl sites for hydroxylation is 1. The lowest BCUT2D eigenvalue weighted by molar-refractivity contribution is 0.0700. The van der Waals surface area contributed by atoms with Crippen LogP contribution < -0.4 is 4.90 Å². The second-order valence-corrected chi connectivity index (χ2v) is 5.28. The first-order valence-corrected chi connectivity index (χ1v) is 6.50. The normalized spacial score (nSPS) is 13.8. The molecule has 0 unspecified atom stereocenters. The van der Waals surface area contributed by atoms with Crippen LogP contribution in [0.25, 0.3) is 0 Å². The number of aromatic carboxylic acids is 1. The number of aromatic nitrogens is 1. The maximum atomic E-state index is 12.2. The Morgan fingerprint density at radius 3 is 2.70 bits per heavy atom. The van der Waals surface area contributed by atoms with Gasteiger partial charge in [-0.2, -0.15) is 0 Å². The molecule has 1 N–H and O–H groups in total. The minimum atomic E-state index is -1.08. The van der Waals surface area contributed by atoms with Crippen LogP contribution in [0.1, 0.15) is 36.1 Å². The number of carboxylic acids is 1. The minimum absolute atomic E-state index is 0.0976. The zero-order chi connectivity index (χ0) is 14.4. The molecular weight excluding hydrogens is 280 g/mol. The molecule has 100 valence electrons. The van der Waals surface area contributed by atoms with Gasteiger partial charge in [0.15, 0.2) is 0 Å². The summed E-state index contributed by atoms with van der Waals surface area (Å²) in [7, 11) is 0. The van der Waals surface area contributed by atoms with Crippen LogP contribution >= 0.6 is 11.3 Å². The Balaban J connectivity index is 2.09. The summed E-state index contributed by atoms with van der Waals surface area (Å²) in [5, 5.41) is 9.34. The fourth-order valence-electron chi connectivity index (χ4n) is 2.05. The van der Waals surface area contributed by atoms with Gasteiger partial charge >= 0.3 is 5.97 Å². The second-order valence-electron chi connectivity index (χ2n) is 4.25. The average molecular weight is 288 g/mol. The Kier molecular flexibility index (Phi) is 2.65. The zero-order valence-corrected chi connectivity index (χ0v) is 11.1. The molecule has 3 rings (SSSR count). The molecule has 0 aliphatic carbocycles. The summed E-state index contributed by atoms with van der Waals surface area (Å²) >= 11 is 0.900. The highest BCUT2D eigenvalue weighted by atomic mass is 32.1. The monoisotopic (exact) mass is 288 g/mol. The van der Waals surface area contributed by atoms with Crippen molar-refractivity contribution >= 4 is 34.1 Å². The molecule has 1 aliphatic heterocycles. The molecule has 0 fully saturated rings. The number of anilines is 1. The van der Waals surface area contributed by atoms with E-state index in [4.69, 9.17) is 5.11 Å². The van der Waals surface area contributed by atoms with Crippen molar-refractivity contribution in [3.63, 3.8) is 0 Å². The van der Waals surface area contributed by atoms with Crippen LogP contribution in [0.4, 0.5) is 5.00 Å². The molecule has 1 aliphatic rings. The molecule has 2 aromatic rings. The molecule has 0 saturated carbocycles. The van der Waals surface area contributed by atoms with Crippen molar-refractivity contribution in [1.82, 2.24) is 4.98 Å². The molecule has 7 heteroatoms. The summed E-state index contributed by atoms with van der Waals surface area (Å²) in [6, 6.07) is 4.63. The predicted octanol–water partition coefficient (Wildman–Crippen LogP) is 1.95. The number of rotatable bonds is 2. The van der Waals surface area contributed by atoms with Crippen LogP contribution in [0.3, 0.4) is 0 Å². The van der Waals surface area contributed by atoms with Crippen LogP contribution in [0.2, 0.25) is 0 Å². The van der Waals surface area contributed by atoms with Crippen LogP contribution in [0.5, 0.6) is 0 Å². The number of hydrogen-bond acceptors (Lipinski definition) is 5. The summed E-state index contributed by atoms with van der Waals surface area (Å²) in [4.78, 5) is 40.5. The third kappa shape index (κ3) is 1.64. The molecule has 6 nitrogen and oxygen atoms in total. The topological polar surface area (TPSA) is 87.6 Å². The molecule has 0 bridgehead atoms. The highest BCUT2D eigenvalue weighted by Gasteiger charge is 2.39. The fourth-order valence-corrected chi connectivity index (χ4v) is 3.06. The average Bonchev–Trinajstić information content (AvgIpc) is 2.90. The van der Waals surface area contributed by atoms with Crippen LogP contribution in [0, 0.1) is 6.92 Å². The highest BCUT2D eigenvalue weighted by Crippen LogP contribution is 2.34. The van der Waals surface area contributed by atoms with Crippen molar-refractivity contribution in [2.45, 2.75) is 6.92 Å². The van der Waals surface area contributed by atoms with Gasteiger partial charge in [-0.1, -0.05) is 0 Å². The fraction of sp³-hybridized carbons (Fsp3) is 0.0769. The van der Waals surface area contributed by atoms with Crippen molar-refractivity contribution in [3.05, 3.63) is 46.1 Å². The number of imide groups is 1. The number of carboxylic acid groups (broad SMARTS) is 1. The zero-order valence-electron chi connectivity index (χ0n) is 10.3. The summed E-state index contributed by atoms with van der Waals surface area (Å²) in [6.07, 6.45) is 1.44. The van der Waals surface area contributed by atoms with E-state index < -0.39 is 17.8 Å². The Bertz CT molecular complexity index is 730. The van der Waals surface area contributed by atoms with E-state index in [2.05, 4.69) is 4.98 Å². The van der Waals surface area contributed by atoms with Crippen LogP contribution in [0.15, 0.2) is 24.4 Å². The Hall–Kier alpha value is -2.54. The molecule has 0 spiro atoms. The maximum absolute atomic E-state index is 12.2. The summed E-state index contributed by atoms with van der Waals surface area (Å²) < 4.78 is 0.